The molecule has 2 heterocycles. The summed E-state index contributed by atoms with van der Waals surface area (Å²) in [7, 11) is 0. The average molecular weight is 1840 g/mol. The number of fused-ring (bicyclic) bond motifs is 27. The van der Waals surface area contributed by atoms with Gasteiger partial charge in [-0.2, -0.15) is 0 Å². The van der Waals surface area contributed by atoms with Crippen LogP contribution in [0.3, 0.4) is 0 Å². The molecule has 0 fully saturated rings. The topological polar surface area (TPSA) is 32.8 Å². The number of para-hydroxylation sites is 2. The van der Waals surface area contributed by atoms with Crippen LogP contribution in [-0.4, -0.2) is 0 Å². The normalized spacial score (nSPS) is 15.3. The van der Waals surface area contributed by atoms with Crippen LogP contribution in [0.1, 0.15) is 300 Å². The Labute approximate surface area is 838 Å². The molecule has 5 aliphatic carbocycles. The zero-order valence-corrected chi connectivity index (χ0v) is 85.6. The molecule has 4 heteroatoms. The van der Waals surface area contributed by atoms with E-state index in [-0.39, 0.29) is 45.3 Å². The van der Waals surface area contributed by atoms with Crippen molar-refractivity contribution in [2.45, 2.75) is 265 Å². The lowest BCUT2D eigenvalue weighted by Crippen LogP contribution is -2.27. The van der Waals surface area contributed by atoms with Crippen molar-refractivity contribution < 1.29 is 8.83 Å². The highest BCUT2D eigenvalue weighted by molar-refractivity contribution is 6.26. The van der Waals surface area contributed by atoms with Gasteiger partial charge in [-0.3, -0.25) is 0 Å². The molecule has 708 valence electrons. The van der Waals surface area contributed by atoms with Gasteiger partial charge in [-0.25, -0.2) is 0 Å². The van der Waals surface area contributed by atoms with Crippen molar-refractivity contribution in [1.82, 2.24) is 0 Å². The first-order chi connectivity index (χ1) is 67.4. The van der Waals surface area contributed by atoms with E-state index in [1.165, 1.54) is 223 Å². The van der Waals surface area contributed by atoms with E-state index in [1.54, 1.807) is 11.1 Å². The fourth-order valence-corrected chi connectivity index (χ4v) is 25.6. The molecule has 5 aliphatic rings. The Morgan fingerprint density at radius 2 is 0.546 bits per heavy atom. The molecule has 0 saturated heterocycles. The van der Waals surface area contributed by atoms with Crippen LogP contribution in [0.4, 0.5) is 34.1 Å². The molecule has 1 spiro atoms. The minimum absolute atomic E-state index is 0. The van der Waals surface area contributed by atoms with Gasteiger partial charge >= 0.3 is 0 Å². The highest BCUT2D eigenvalue weighted by Gasteiger charge is 2.56. The molecule has 0 radical (unpaired) electrons. The summed E-state index contributed by atoms with van der Waals surface area (Å²) >= 11 is 0. The van der Waals surface area contributed by atoms with Gasteiger partial charge in [0.05, 0.1) is 22.2 Å². The second kappa shape index (κ2) is 34.6. The predicted octanol–water partition coefficient (Wildman–Crippen LogP) is 40.0. The molecule has 16 aromatic carbocycles. The monoisotopic (exact) mass is 1840 g/mol. The average Bonchev–Trinajstić information content (AvgIpc) is 1.48. The van der Waals surface area contributed by atoms with Crippen LogP contribution in [0.2, 0.25) is 0 Å². The van der Waals surface area contributed by atoms with Crippen LogP contribution in [0.5, 0.6) is 0 Å². The van der Waals surface area contributed by atoms with Crippen molar-refractivity contribution in [2.24, 2.45) is 0 Å². The van der Waals surface area contributed by atoms with E-state index in [4.69, 9.17) is 8.83 Å². The maximum Gasteiger partial charge on any atom is 0.160 e. The number of anilines is 6. The third kappa shape index (κ3) is 15.0. The van der Waals surface area contributed by atoms with Gasteiger partial charge in [0.2, 0.25) is 0 Å². The van der Waals surface area contributed by atoms with Crippen molar-refractivity contribution in [3.8, 4) is 89.0 Å². The number of unbranched alkanes of at least 4 members (excludes halogenated alkanes) is 10. The second-order valence-corrected chi connectivity index (χ2v) is 46.9. The Balaban J connectivity index is 0.0000114. The van der Waals surface area contributed by atoms with Gasteiger partial charge in [0.15, 0.2) is 5.58 Å². The lowest BCUT2D eigenvalue weighted by Gasteiger charge is -2.34. The number of benzene rings is 16. The van der Waals surface area contributed by atoms with E-state index in [9.17, 15) is 0 Å². The molecular formula is C137H138N2O2. The highest BCUT2D eigenvalue weighted by atomic mass is 16.3. The minimum Gasteiger partial charge on any atom is -0.455 e. The quantitative estimate of drug-likeness (QED) is 0.0598. The Morgan fingerprint density at radius 1 is 0.248 bits per heavy atom. The fourth-order valence-electron chi connectivity index (χ4n) is 25.6. The molecular weight excluding hydrogens is 1710 g/mol. The van der Waals surface area contributed by atoms with Gasteiger partial charge in [0, 0.05) is 66.3 Å². The molecule has 0 N–H and O–H groups in total. The number of hydrogen-bond acceptors (Lipinski definition) is 4. The SMILES string of the molecule is C.CCCCCCCCC1(CCCCCCCC)c2ccccc2-c2ccc(-c3ccc4c(c3)C(C)(C)c3cc(-c5ccc6c(c5)C(C)(C)c5cc(-c7ccc8c(c7)C7(c9ccccc9-8)c8cc(N(c9ccc(C(C)(C)C)cc9)c9ccc(C(C)(C)C)cc9)c9c(oc%10ccccc%109)c8-c8c7cc(N(c7ccc(C(C)(C)C)cc7)c7ccc(C(C)(C)C)cc7)c7oc9ccccc9c87)ccc5-6)ccc3-4)cc21. The van der Waals surface area contributed by atoms with Crippen LogP contribution in [0.15, 0.2) is 324 Å². The summed E-state index contributed by atoms with van der Waals surface area (Å²) in [5.74, 6) is 0. The Hall–Kier alpha value is -13.3. The van der Waals surface area contributed by atoms with Crippen LogP contribution < -0.4 is 9.80 Å². The molecule has 1 unspecified atom stereocenters. The zero-order chi connectivity index (χ0) is 96.6. The van der Waals surface area contributed by atoms with Crippen LogP contribution >= 0.6 is 0 Å². The van der Waals surface area contributed by atoms with E-state index in [2.05, 4.69) is 450 Å². The number of furan rings is 2. The van der Waals surface area contributed by atoms with Crippen LogP contribution in [-0.2, 0) is 43.3 Å². The Kier molecular flexibility index (Phi) is 22.7. The van der Waals surface area contributed by atoms with Gasteiger partial charge in [-0.05, 0) is 299 Å². The minimum atomic E-state index is -0.989. The summed E-state index contributed by atoms with van der Waals surface area (Å²) in [4.78, 5) is 5.02. The smallest absolute Gasteiger partial charge is 0.160 e. The van der Waals surface area contributed by atoms with Crippen LogP contribution in [0.25, 0.3) is 133 Å². The maximum atomic E-state index is 7.90. The maximum absolute atomic E-state index is 7.90. The molecule has 23 rings (SSSR count). The first kappa shape index (κ1) is 92.7. The molecule has 0 aliphatic heterocycles. The van der Waals surface area contributed by atoms with E-state index >= 15 is 0 Å². The Bertz CT molecular complexity index is 7830. The largest absolute Gasteiger partial charge is 0.455 e. The molecule has 0 bridgehead atoms. The van der Waals surface area contributed by atoms with Gasteiger partial charge in [0.1, 0.15) is 16.7 Å². The van der Waals surface area contributed by atoms with E-state index in [0.29, 0.717) is 0 Å². The zero-order valence-electron chi connectivity index (χ0n) is 85.6. The van der Waals surface area contributed by atoms with Gasteiger partial charge in [-0.15, -0.1) is 0 Å². The number of hydrogen-bond donors (Lipinski definition) is 0. The third-order valence-electron chi connectivity index (χ3n) is 33.3. The molecule has 18 aromatic rings. The first-order valence-corrected chi connectivity index (χ1v) is 52.5. The molecule has 141 heavy (non-hydrogen) atoms. The third-order valence-corrected chi connectivity index (χ3v) is 33.3. The lowest BCUT2D eigenvalue weighted by molar-refractivity contribution is 0.398. The fraction of sp³-hybridized carbons (Fsp3) is 0.299. The Morgan fingerprint density at radius 3 is 0.950 bits per heavy atom. The number of rotatable bonds is 23. The second-order valence-electron chi connectivity index (χ2n) is 46.9. The van der Waals surface area contributed by atoms with Gasteiger partial charge in [0.25, 0.3) is 0 Å². The highest BCUT2D eigenvalue weighted by Crippen LogP contribution is 2.70. The van der Waals surface area contributed by atoms with Crippen molar-refractivity contribution >= 4 is 78.0 Å². The predicted molar refractivity (Wildman–Crippen MR) is 602 cm³/mol. The van der Waals surface area contributed by atoms with Gasteiger partial charge in [-0.1, -0.05) is 415 Å². The first-order valence-electron chi connectivity index (χ1n) is 52.5. The lowest BCUT2D eigenvalue weighted by atomic mass is 9.69. The van der Waals surface area contributed by atoms with Gasteiger partial charge < -0.3 is 18.6 Å². The molecule has 2 aromatic heterocycles. The summed E-state index contributed by atoms with van der Waals surface area (Å²) in [5.41, 5.74) is 46.4. The van der Waals surface area contributed by atoms with E-state index in [1.807, 2.05) is 0 Å². The van der Waals surface area contributed by atoms with Crippen LogP contribution in [0, 0.1) is 0 Å². The van der Waals surface area contributed by atoms with E-state index in [0.717, 1.165) is 100 Å². The number of nitrogens with zero attached hydrogens (tertiary/aromatic N) is 2. The van der Waals surface area contributed by atoms with Crippen molar-refractivity contribution in [2.75, 3.05) is 9.80 Å². The summed E-state index contributed by atoms with van der Waals surface area (Å²) in [6, 6.07) is 124. The van der Waals surface area contributed by atoms with E-state index < -0.39 is 5.41 Å². The molecule has 1 atom stereocenters. The summed E-state index contributed by atoms with van der Waals surface area (Å²) in [6.45, 7) is 42.3. The summed E-state index contributed by atoms with van der Waals surface area (Å²) < 4.78 is 15.6. The van der Waals surface area contributed by atoms with Crippen molar-refractivity contribution in [1.29, 1.82) is 0 Å². The summed E-state index contributed by atoms with van der Waals surface area (Å²) in [6.07, 6.45) is 18.2. The summed E-state index contributed by atoms with van der Waals surface area (Å²) in [5, 5.41) is 4.20. The van der Waals surface area contributed by atoms with Crippen molar-refractivity contribution in [3.63, 3.8) is 0 Å². The molecule has 0 amide bonds. The standard InChI is InChI=1S/C136H134N2O2.CH4/c1-19-21-23-25-27-37-75-135(76-38-28-26-24-22-20-2)109-43-33-29-39-99(109)105-73-51-89(81-115(105)135)87-49-71-103-101-69-47-85(77-111(101)133(15,16)113(103)79-87)86-48-70-102-104-72-50-88(80-114(104)134(17,18)112(102)78-86)90-52-74-106-100-40-30-34-44-110(100)136(116(106)82-90)117-84-120(138(97-65-57-93(58-66-97)131(9,10)11)98-67-59-94(60-68-98)132(12,13)14)127-124(108-42-32-36-46-122(108)139-127)125(117)126-118(136)83-119(123-107-41-31-35-45-121(107)140-128(123)126)137(95-61-53-91(54-62-95)129(3,4)5)96-63-55-92(56-64-96)130(6,7)8;/h29-36,39-74,77-84H,19-28,37-38,75-76H2,1-18H3;1H4. The molecule has 4 nitrogen and oxygen atoms in total. The van der Waals surface area contributed by atoms with Crippen molar-refractivity contribution in [3.05, 3.63) is 393 Å². The molecule has 0 saturated carbocycles.